The van der Waals surface area contributed by atoms with Crippen molar-refractivity contribution in [2.75, 3.05) is 31.4 Å². The number of hydrogen-bond donors (Lipinski definition) is 4. The molecule has 0 spiro atoms. The molecule has 0 aliphatic carbocycles. The van der Waals surface area contributed by atoms with E-state index in [1.807, 2.05) is 6.92 Å². The number of likely N-dealkylation sites (N-methyl/N-ethyl adjacent to an activating group) is 1. The molecule has 1 saturated heterocycles. The highest BCUT2D eigenvalue weighted by Gasteiger charge is 2.54. The van der Waals surface area contributed by atoms with Crippen molar-refractivity contribution in [3.05, 3.63) is 33.1 Å². The molecule has 208 valence electrons. The Morgan fingerprint density at radius 1 is 1.36 bits per heavy atom. The second-order valence-electron chi connectivity index (χ2n) is 7.96. The largest absolute Gasteiger partial charge is 0.512 e. The highest BCUT2D eigenvalue weighted by Crippen LogP contribution is 2.42. The molecule has 2 aromatic rings. The summed E-state index contributed by atoms with van der Waals surface area (Å²) in [5, 5.41) is 19.4. The number of ether oxygens (including phenoxy) is 1. The van der Waals surface area contributed by atoms with Crippen LogP contribution in [0.4, 0.5) is 9.93 Å². The number of fused-ring (bicyclic) bond motifs is 1. The van der Waals surface area contributed by atoms with Gasteiger partial charge >= 0.3 is 6.16 Å². The molecule has 39 heavy (non-hydrogen) atoms. The Balaban J connectivity index is 1.47. The number of aryl methyl sites for hydroxylation is 1. The number of aromatic nitrogens is 2. The van der Waals surface area contributed by atoms with Crippen LogP contribution in [0.1, 0.15) is 16.3 Å². The molecular weight excluding hydrogens is 591 g/mol. The van der Waals surface area contributed by atoms with Gasteiger partial charge in [0.25, 0.3) is 11.8 Å². The summed E-state index contributed by atoms with van der Waals surface area (Å²) in [7, 11) is 2.83. The summed E-state index contributed by atoms with van der Waals surface area (Å²) in [4.78, 5) is 64.5. The zero-order chi connectivity index (χ0) is 28.3. The van der Waals surface area contributed by atoms with Gasteiger partial charge in [0.05, 0.1) is 12.1 Å². The molecule has 14 nitrogen and oxygen atoms in total. The molecule has 4 heterocycles. The average molecular weight is 614 g/mol. The minimum atomic E-state index is -1.56. The fraction of sp³-hybridized carbons (Fsp3) is 0.381. The lowest BCUT2D eigenvalue weighted by Gasteiger charge is -2.49. The Labute approximate surface area is 238 Å². The lowest BCUT2D eigenvalue weighted by molar-refractivity contribution is -0.148. The van der Waals surface area contributed by atoms with E-state index in [-0.39, 0.29) is 34.7 Å². The van der Waals surface area contributed by atoms with Crippen LogP contribution in [-0.2, 0) is 30.4 Å². The molecule has 2 aliphatic rings. The van der Waals surface area contributed by atoms with E-state index in [1.54, 1.807) is 7.05 Å². The summed E-state index contributed by atoms with van der Waals surface area (Å²) >= 11 is 5.21. The molecule has 0 bridgehead atoms. The van der Waals surface area contributed by atoms with Gasteiger partial charge in [-0.3, -0.25) is 19.3 Å². The number of thioether (sulfide) groups is 2. The second-order valence-corrected chi connectivity index (χ2v) is 12.3. The van der Waals surface area contributed by atoms with Crippen LogP contribution in [0.5, 0.6) is 0 Å². The molecule has 0 radical (unpaired) electrons. The maximum atomic E-state index is 13.1. The Kier molecular flexibility index (Phi) is 8.98. The van der Waals surface area contributed by atoms with Gasteiger partial charge < -0.3 is 31.0 Å². The van der Waals surface area contributed by atoms with E-state index >= 15 is 0 Å². The summed E-state index contributed by atoms with van der Waals surface area (Å²) in [6.07, 6.45) is -1.34. The number of carbonyl (C=O) groups is 4. The number of nitrogens with zero attached hydrogens (tertiary/aromatic N) is 4. The predicted octanol–water partition coefficient (Wildman–Crippen LogP) is 1.23. The molecule has 0 saturated carbocycles. The number of nitrogens with one attached hydrogen (secondary N) is 2. The summed E-state index contributed by atoms with van der Waals surface area (Å²) in [5.41, 5.74) is 7.03. The van der Waals surface area contributed by atoms with Gasteiger partial charge in [-0.05, 0) is 6.92 Å². The summed E-state index contributed by atoms with van der Waals surface area (Å²) in [6, 6.07) is -0.948. The van der Waals surface area contributed by atoms with Crippen LogP contribution >= 0.6 is 46.2 Å². The number of carbonyl (C=O) groups excluding carboxylic acids is 3. The highest BCUT2D eigenvalue weighted by atomic mass is 32.2. The second kappa shape index (κ2) is 12.2. The van der Waals surface area contributed by atoms with Gasteiger partial charge in [-0.15, -0.1) is 34.4 Å². The highest BCUT2D eigenvalue weighted by molar-refractivity contribution is 8.01. The minimum Gasteiger partial charge on any atom is -0.449 e. The molecule has 18 heteroatoms. The molecule has 4 rings (SSSR count). The van der Waals surface area contributed by atoms with Gasteiger partial charge in [0, 0.05) is 34.4 Å². The van der Waals surface area contributed by atoms with Gasteiger partial charge in [-0.1, -0.05) is 16.9 Å². The van der Waals surface area contributed by atoms with Crippen LogP contribution in [0.2, 0.25) is 0 Å². The SMILES string of the molecule is CNC(=O)Cc1sc(SCC2=C(OC(=O)O)N3C(=O)[C@@H](NC(=O)C(=NOC)c4csc(N)n4)[C@@H]3SC2)nc1C. The van der Waals surface area contributed by atoms with Crippen LogP contribution < -0.4 is 16.4 Å². The Hall–Kier alpha value is -3.35. The number of nitrogens with two attached hydrogens (primary N) is 1. The Bertz CT molecular complexity index is 1370. The maximum Gasteiger partial charge on any atom is 0.512 e. The summed E-state index contributed by atoms with van der Waals surface area (Å²) in [6.45, 7) is 1.82. The van der Waals surface area contributed by atoms with Crippen molar-refractivity contribution in [2.45, 2.75) is 29.1 Å². The summed E-state index contributed by atoms with van der Waals surface area (Å²) in [5.74, 6) is -0.766. The number of rotatable bonds is 10. The van der Waals surface area contributed by atoms with Crippen molar-refractivity contribution in [3.8, 4) is 0 Å². The Morgan fingerprint density at radius 2 is 2.13 bits per heavy atom. The minimum absolute atomic E-state index is 0.0776. The number of nitrogen functional groups attached to an aromatic ring is 1. The molecule has 2 aromatic heterocycles. The first-order chi connectivity index (χ1) is 18.6. The summed E-state index contributed by atoms with van der Waals surface area (Å²) < 4.78 is 5.73. The van der Waals surface area contributed by atoms with Crippen molar-refractivity contribution in [1.29, 1.82) is 0 Å². The van der Waals surface area contributed by atoms with Crippen LogP contribution in [0.15, 0.2) is 26.3 Å². The normalized spacial score (nSPS) is 18.8. The fourth-order valence-corrected chi connectivity index (χ4v) is 7.85. The van der Waals surface area contributed by atoms with Crippen LogP contribution in [0, 0.1) is 6.92 Å². The third kappa shape index (κ3) is 6.29. The molecule has 2 aliphatic heterocycles. The van der Waals surface area contributed by atoms with E-state index < -0.39 is 29.4 Å². The standard InChI is InChI=1S/C21H23N7O7S4/c1-8-11(4-12(29)23-2)39-20(24-8)38-6-9-5-36-18-14(16(31)28(18)17(9)35-21(32)33)26-15(30)13(27-34-3)10-7-37-19(22)25-10/h7,14,18H,4-6H2,1-3H3,(H2,22,25)(H,23,29)(H,26,30)(H,32,33)/t14-,18+/m1/s1. The van der Waals surface area contributed by atoms with Crippen LogP contribution in [0.25, 0.3) is 0 Å². The number of amides is 3. The van der Waals surface area contributed by atoms with Gasteiger partial charge in [-0.25, -0.2) is 14.8 Å². The molecule has 0 aromatic carbocycles. The third-order valence-corrected chi connectivity index (χ3v) is 9.87. The fourth-order valence-electron chi connectivity index (χ4n) is 3.62. The number of β-lactam (4-membered cyclic amide) rings is 1. The van der Waals surface area contributed by atoms with E-state index in [2.05, 4.69) is 25.8 Å². The van der Waals surface area contributed by atoms with Crippen LogP contribution in [-0.4, -0.2) is 86.6 Å². The monoisotopic (exact) mass is 613 g/mol. The third-order valence-electron chi connectivity index (χ3n) is 5.47. The molecular formula is C21H23N7O7S4. The number of thiazole rings is 2. The lowest BCUT2D eigenvalue weighted by atomic mass is 10.1. The molecule has 0 unspecified atom stereocenters. The van der Waals surface area contributed by atoms with Crippen molar-refractivity contribution in [1.82, 2.24) is 25.5 Å². The van der Waals surface area contributed by atoms with E-state index in [1.165, 1.54) is 52.3 Å². The van der Waals surface area contributed by atoms with Crippen molar-refractivity contribution in [2.24, 2.45) is 5.16 Å². The molecule has 3 amide bonds. The average Bonchev–Trinajstić information content (AvgIpc) is 3.48. The maximum absolute atomic E-state index is 13.1. The van der Waals surface area contributed by atoms with Crippen molar-refractivity contribution in [3.63, 3.8) is 0 Å². The van der Waals surface area contributed by atoms with Gasteiger partial charge in [0.2, 0.25) is 11.8 Å². The molecule has 1 fully saturated rings. The van der Waals surface area contributed by atoms with E-state index in [4.69, 9.17) is 15.3 Å². The number of anilines is 1. The van der Waals surface area contributed by atoms with E-state index in [9.17, 15) is 24.3 Å². The number of hydrogen-bond acceptors (Lipinski definition) is 14. The predicted molar refractivity (Wildman–Crippen MR) is 147 cm³/mol. The zero-order valence-electron chi connectivity index (χ0n) is 20.7. The first kappa shape index (κ1) is 28.7. The number of carboxylic acid groups (broad SMARTS) is 1. The first-order valence-electron chi connectivity index (χ1n) is 11.1. The van der Waals surface area contributed by atoms with Gasteiger partial charge in [-0.2, -0.15) is 0 Å². The first-order valence-corrected chi connectivity index (χ1v) is 14.9. The van der Waals surface area contributed by atoms with E-state index in [0.29, 0.717) is 21.4 Å². The number of oxime groups is 1. The van der Waals surface area contributed by atoms with Crippen molar-refractivity contribution < 1.29 is 33.9 Å². The van der Waals surface area contributed by atoms with Crippen molar-refractivity contribution >= 4 is 80.9 Å². The van der Waals surface area contributed by atoms with Crippen LogP contribution in [0.3, 0.4) is 0 Å². The Morgan fingerprint density at radius 3 is 2.77 bits per heavy atom. The molecule has 2 atom stereocenters. The lowest BCUT2D eigenvalue weighted by Crippen LogP contribution is -2.70. The quantitative estimate of drug-likeness (QED) is 0.0984. The molecule has 5 N–H and O–H groups in total. The van der Waals surface area contributed by atoms with E-state index in [0.717, 1.165) is 21.9 Å². The zero-order valence-corrected chi connectivity index (χ0v) is 24.0. The smallest absolute Gasteiger partial charge is 0.449 e. The topological polar surface area (TPSA) is 198 Å². The van der Waals surface area contributed by atoms with Gasteiger partial charge in [0.15, 0.2) is 15.2 Å². The van der Waals surface area contributed by atoms with Gasteiger partial charge in [0.1, 0.15) is 24.2 Å².